The van der Waals surface area contributed by atoms with Crippen LogP contribution in [0.25, 0.3) is 11.1 Å². The minimum absolute atomic E-state index is 0.0534. The number of carbonyl (C=O) groups is 1. The Labute approximate surface area is 169 Å². The molecule has 1 heterocycles. The summed E-state index contributed by atoms with van der Waals surface area (Å²) in [5.74, 6) is 0.707. The number of hydrogen-bond acceptors (Lipinski definition) is 4. The van der Waals surface area contributed by atoms with Gasteiger partial charge in [-0.2, -0.15) is 0 Å². The van der Waals surface area contributed by atoms with Crippen molar-refractivity contribution in [1.82, 2.24) is 0 Å². The van der Waals surface area contributed by atoms with Gasteiger partial charge in [0.25, 0.3) is 10.0 Å². The van der Waals surface area contributed by atoms with Crippen LogP contribution in [0.4, 0.5) is 11.4 Å². The highest BCUT2D eigenvalue weighted by Crippen LogP contribution is 2.28. The van der Waals surface area contributed by atoms with E-state index in [9.17, 15) is 13.2 Å². The molecule has 0 bridgehead atoms. The van der Waals surface area contributed by atoms with Gasteiger partial charge >= 0.3 is 0 Å². The summed E-state index contributed by atoms with van der Waals surface area (Å²) in [6, 6.07) is 19.6. The van der Waals surface area contributed by atoms with Crippen LogP contribution in [-0.2, 0) is 21.2 Å². The van der Waals surface area contributed by atoms with Gasteiger partial charge < -0.3 is 10.1 Å². The molecule has 1 aliphatic rings. The molecule has 29 heavy (non-hydrogen) atoms. The van der Waals surface area contributed by atoms with Gasteiger partial charge in [0.1, 0.15) is 5.75 Å². The third-order valence-corrected chi connectivity index (χ3v) is 6.20. The zero-order valence-electron chi connectivity index (χ0n) is 15.8. The van der Waals surface area contributed by atoms with E-state index in [4.69, 9.17) is 4.74 Å². The molecule has 1 aliphatic heterocycles. The first-order valence-corrected chi connectivity index (χ1v) is 10.6. The Morgan fingerprint density at radius 3 is 2.48 bits per heavy atom. The van der Waals surface area contributed by atoms with E-state index in [1.807, 2.05) is 36.4 Å². The van der Waals surface area contributed by atoms with Crippen LogP contribution in [0.2, 0.25) is 0 Å². The van der Waals surface area contributed by atoms with Gasteiger partial charge in [0.15, 0.2) is 0 Å². The lowest BCUT2D eigenvalue weighted by molar-refractivity contribution is -0.116. The number of hydrogen-bond donors (Lipinski definition) is 2. The average molecular weight is 408 g/mol. The third kappa shape index (κ3) is 4.09. The second-order valence-corrected chi connectivity index (χ2v) is 8.46. The van der Waals surface area contributed by atoms with Crippen molar-refractivity contribution >= 4 is 27.3 Å². The first-order valence-electron chi connectivity index (χ1n) is 9.15. The zero-order chi connectivity index (χ0) is 20.4. The number of carbonyl (C=O) groups excluding carboxylic acids is 1. The third-order valence-electron chi connectivity index (χ3n) is 4.82. The first kappa shape index (κ1) is 19.0. The van der Waals surface area contributed by atoms with Gasteiger partial charge in [-0.1, -0.05) is 24.3 Å². The minimum atomic E-state index is -3.73. The highest BCUT2D eigenvalue weighted by Gasteiger charge is 2.20. The number of methoxy groups -OCH3 is 1. The fraction of sp³-hybridized carbons (Fsp3) is 0.136. The van der Waals surface area contributed by atoms with Crippen molar-refractivity contribution < 1.29 is 17.9 Å². The zero-order valence-corrected chi connectivity index (χ0v) is 16.6. The van der Waals surface area contributed by atoms with E-state index < -0.39 is 10.0 Å². The van der Waals surface area contributed by atoms with Crippen LogP contribution in [0, 0.1) is 0 Å². The van der Waals surface area contributed by atoms with Gasteiger partial charge in [-0.15, -0.1) is 0 Å². The van der Waals surface area contributed by atoms with Crippen molar-refractivity contribution in [3.8, 4) is 16.9 Å². The van der Waals surface area contributed by atoms with E-state index >= 15 is 0 Å². The molecule has 7 heteroatoms. The Morgan fingerprint density at radius 1 is 0.931 bits per heavy atom. The first-order chi connectivity index (χ1) is 13.9. The van der Waals surface area contributed by atoms with Crippen LogP contribution < -0.4 is 14.8 Å². The normalized spacial score (nSPS) is 13.3. The summed E-state index contributed by atoms with van der Waals surface area (Å²) >= 11 is 0. The van der Waals surface area contributed by atoms with E-state index in [0.29, 0.717) is 24.2 Å². The Balaban J connectivity index is 1.54. The van der Waals surface area contributed by atoms with Gasteiger partial charge in [0, 0.05) is 17.8 Å². The molecule has 2 N–H and O–H groups in total. The SMILES string of the molecule is COc1cccc(-c2ccc(NS(=O)(=O)c3ccc4c(c3)CCC(=O)N4)cc2)c1. The summed E-state index contributed by atoms with van der Waals surface area (Å²) in [5.41, 5.74) is 3.90. The molecule has 0 aromatic heterocycles. The number of ether oxygens (including phenoxy) is 1. The summed E-state index contributed by atoms with van der Waals surface area (Å²) in [4.78, 5) is 11.6. The van der Waals surface area contributed by atoms with Crippen LogP contribution in [0.15, 0.2) is 71.6 Å². The molecule has 0 atom stereocenters. The molecular formula is C22H20N2O4S. The number of anilines is 2. The van der Waals surface area contributed by atoms with Crippen molar-refractivity contribution in [2.45, 2.75) is 17.7 Å². The molecule has 0 aliphatic carbocycles. The van der Waals surface area contributed by atoms with E-state index in [0.717, 1.165) is 22.4 Å². The lowest BCUT2D eigenvalue weighted by atomic mass is 10.0. The molecule has 0 spiro atoms. The fourth-order valence-corrected chi connectivity index (χ4v) is 4.38. The molecule has 3 aromatic carbocycles. The van der Waals surface area contributed by atoms with Crippen molar-refractivity contribution in [2.24, 2.45) is 0 Å². The molecule has 3 aromatic rings. The summed E-state index contributed by atoms with van der Waals surface area (Å²) in [6.07, 6.45) is 0.884. The highest BCUT2D eigenvalue weighted by molar-refractivity contribution is 7.92. The largest absolute Gasteiger partial charge is 0.497 e. The molecule has 0 saturated carbocycles. The maximum Gasteiger partial charge on any atom is 0.261 e. The number of rotatable bonds is 5. The number of sulfonamides is 1. The summed E-state index contributed by atoms with van der Waals surface area (Å²) in [7, 11) is -2.11. The maximum atomic E-state index is 12.8. The smallest absolute Gasteiger partial charge is 0.261 e. The van der Waals surface area contributed by atoms with Crippen LogP contribution >= 0.6 is 0 Å². The van der Waals surface area contributed by atoms with Gasteiger partial charge in [0.05, 0.1) is 12.0 Å². The van der Waals surface area contributed by atoms with Gasteiger partial charge in [-0.05, 0) is 65.6 Å². The Morgan fingerprint density at radius 2 is 1.72 bits per heavy atom. The van der Waals surface area contributed by atoms with Crippen LogP contribution in [-0.4, -0.2) is 21.4 Å². The van der Waals surface area contributed by atoms with Crippen molar-refractivity contribution in [3.63, 3.8) is 0 Å². The molecule has 4 rings (SSSR count). The van der Waals surface area contributed by atoms with Gasteiger partial charge in [-0.3, -0.25) is 9.52 Å². The summed E-state index contributed by atoms with van der Waals surface area (Å²) in [5, 5.41) is 2.76. The molecule has 0 fully saturated rings. The van der Waals surface area contributed by atoms with E-state index in [2.05, 4.69) is 10.0 Å². The number of aryl methyl sites for hydroxylation is 1. The summed E-state index contributed by atoms with van der Waals surface area (Å²) < 4.78 is 33.4. The van der Waals surface area contributed by atoms with Crippen LogP contribution in [0.3, 0.4) is 0 Å². The topological polar surface area (TPSA) is 84.5 Å². The molecule has 1 amide bonds. The summed E-state index contributed by atoms with van der Waals surface area (Å²) in [6.45, 7) is 0. The quantitative estimate of drug-likeness (QED) is 0.667. The molecule has 0 radical (unpaired) electrons. The lowest BCUT2D eigenvalue weighted by Crippen LogP contribution is -2.20. The molecule has 148 valence electrons. The predicted octanol–water partition coefficient (Wildman–Crippen LogP) is 4.05. The Hall–Kier alpha value is -3.32. The maximum absolute atomic E-state index is 12.8. The van der Waals surface area contributed by atoms with E-state index in [1.165, 1.54) is 6.07 Å². The molecule has 6 nitrogen and oxygen atoms in total. The van der Waals surface area contributed by atoms with Crippen LogP contribution in [0.5, 0.6) is 5.75 Å². The van der Waals surface area contributed by atoms with Gasteiger partial charge in [-0.25, -0.2) is 8.42 Å². The second-order valence-electron chi connectivity index (χ2n) is 6.78. The minimum Gasteiger partial charge on any atom is -0.497 e. The second kappa shape index (κ2) is 7.60. The number of nitrogens with one attached hydrogen (secondary N) is 2. The van der Waals surface area contributed by atoms with E-state index in [-0.39, 0.29) is 10.8 Å². The molecule has 0 saturated heterocycles. The van der Waals surface area contributed by atoms with Gasteiger partial charge in [0.2, 0.25) is 5.91 Å². The standard InChI is InChI=1S/C22H20N2O4S/c1-28-19-4-2-3-16(13-19)15-5-8-18(9-6-15)24-29(26,27)20-10-11-21-17(14-20)7-12-22(25)23-21/h2-6,8-11,13-14,24H,7,12H2,1H3,(H,23,25). The van der Waals surface area contributed by atoms with Crippen molar-refractivity contribution in [2.75, 3.05) is 17.1 Å². The fourth-order valence-electron chi connectivity index (χ4n) is 3.27. The van der Waals surface area contributed by atoms with Crippen molar-refractivity contribution in [3.05, 3.63) is 72.3 Å². The Bertz CT molecular complexity index is 1170. The molecular weight excluding hydrogens is 388 g/mol. The van der Waals surface area contributed by atoms with Crippen LogP contribution in [0.1, 0.15) is 12.0 Å². The number of amides is 1. The monoisotopic (exact) mass is 408 g/mol. The number of benzene rings is 3. The highest BCUT2D eigenvalue weighted by atomic mass is 32.2. The van der Waals surface area contributed by atoms with E-state index in [1.54, 1.807) is 31.4 Å². The predicted molar refractivity (Wildman–Crippen MR) is 113 cm³/mol. The molecule has 0 unspecified atom stereocenters. The Kier molecular flexibility index (Phi) is 4.98. The number of fused-ring (bicyclic) bond motifs is 1. The lowest BCUT2D eigenvalue weighted by Gasteiger charge is -2.18. The average Bonchev–Trinajstić information content (AvgIpc) is 2.73. The van der Waals surface area contributed by atoms with Crippen molar-refractivity contribution in [1.29, 1.82) is 0 Å².